The standard InChI is InChI=1S/C26H33ClN4O2/c1-20-4-2-6-24(18-20)30-16-14-29(15-17-30)13-11-28-25(32)22-5-3-12-31(19-22)26(33)21-7-9-23(27)10-8-21/h2,4,6-10,18,22H,3,5,11-17,19H2,1H3,(H,28,32). The van der Waals surface area contributed by atoms with Gasteiger partial charge in [-0.15, -0.1) is 0 Å². The molecule has 1 atom stereocenters. The van der Waals surface area contributed by atoms with Crippen LogP contribution in [0.4, 0.5) is 5.69 Å². The fourth-order valence-corrected chi connectivity index (χ4v) is 4.81. The van der Waals surface area contributed by atoms with Crippen LogP contribution in [-0.4, -0.2) is 74.0 Å². The molecule has 2 aliphatic rings. The number of piperidine rings is 1. The fraction of sp³-hybridized carbons (Fsp3) is 0.462. The molecule has 0 aromatic heterocycles. The van der Waals surface area contributed by atoms with Gasteiger partial charge >= 0.3 is 0 Å². The third-order valence-corrected chi connectivity index (χ3v) is 6.89. The molecule has 33 heavy (non-hydrogen) atoms. The van der Waals surface area contributed by atoms with Gasteiger partial charge in [0.1, 0.15) is 0 Å². The molecule has 0 aliphatic carbocycles. The highest BCUT2D eigenvalue weighted by molar-refractivity contribution is 6.30. The molecule has 7 heteroatoms. The van der Waals surface area contributed by atoms with E-state index in [0.717, 1.165) is 45.6 Å². The molecule has 0 saturated carbocycles. The number of nitrogens with zero attached hydrogens (tertiary/aromatic N) is 3. The minimum Gasteiger partial charge on any atom is -0.369 e. The van der Waals surface area contributed by atoms with Crippen molar-refractivity contribution in [2.75, 3.05) is 57.3 Å². The zero-order chi connectivity index (χ0) is 23.2. The number of amides is 2. The van der Waals surface area contributed by atoms with Gasteiger partial charge in [-0.3, -0.25) is 14.5 Å². The van der Waals surface area contributed by atoms with E-state index in [1.165, 1.54) is 11.3 Å². The van der Waals surface area contributed by atoms with Crippen LogP contribution < -0.4 is 10.2 Å². The lowest BCUT2D eigenvalue weighted by molar-refractivity contribution is -0.126. The number of hydrogen-bond donors (Lipinski definition) is 1. The fourth-order valence-electron chi connectivity index (χ4n) is 4.69. The van der Waals surface area contributed by atoms with Crippen LogP contribution in [0, 0.1) is 12.8 Å². The Morgan fingerprint density at radius 3 is 2.52 bits per heavy atom. The van der Waals surface area contributed by atoms with Gasteiger partial charge in [-0.2, -0.15) is 0 Å². The first-order valence-electron chi connectivity index (χ1n) is 11.9. The molecule has 1 N–H and O–H groups in total. The molecule has 2 fully saturated rings. The van der Waals surface area contributed by atoms with E-state index < -0.39 is 0 Å². The van der Waals surface area contributed by atoms with Crippen molar-refractivity contribution >= 4 is 29.1 Å². The molecule has 2 aromatic rings. The number of carbonyl (C=O) groups excluding carboxylic acids is 2. The SMILES string of the molecule is Cc1cccc(N2CCN(CCNC(=O)C3CCCN(C(=O)c4ccc(Cl)cc4)C3)CC2)c1. The monoisotopic (exact) mass is 468 g/mol. The van der Waals surface area contributed by atoms with Gasteiger partial charge in [-0.1, -0.05) is 23.7 Å². The molecule has 4 rings (SSSR count). The number of hydrogen-bond acceptors (Lipinski definition) is 4. The van der Waals surface area contributed by atoms with Crippen molar-refractivity contribution in [3.63, 3.8) is 0 Å². The number of benzene rings is 2. The second-order valence-electron chi connectivity index (χ2n) is 9.06. The maximum Gasteiger partial charge on any atom is 0.253 e. The summed E-state index contributed by atoms with van der Waals surface area (Å²) in [5.74, 6) is -0.120. The van der Waals surface area contributed by atoms with Crippen molar-refractivity contribution in [3.8, 4) is 0 Å². The van der Waals surface area contributed by atoms with E-state index in [0.29, 0.717) is 30.2 Å². The summed E-state index contributed by atoms with van der Waals surface area (Å²) in [5, 5.41) is 3.72. The second-order valence-corrected chi connectivity index (χ2v) is 9.49. The van der Waals surface area contributed by atoms with Crippen molar-refractivity contribution in [3.05, 3.63) is 64.7 Å². The molecule has 176 valence electrons. The Balaban J connectivity index is 1.19. The highest BCUT2D eigenvalue weighted by Gasteiger charge is 2.29. The molecule has 1 unspecified atom stereocenters. The van der Waals surface area contributed by atoms with Gasteiger partial charge in [-0.05, 0) is 61.7 Å². The lowest BCUT2D eigenvalue weighted by atomic mass is 9.96. The Kier molecular flexibility index (Phi) is 7.89. The Labute approximate surface area is 201 Å². The quantitative estimate of drug-likeness (QED) is 0.705. The van der Waals surface area contributed by atoms with E-state index in [1.807, 2.05) is 0 Å². The van der Waals surface area contributed by atoms with Crippen molar-refractivity contribution in [2.45, 2.75) is 19.8 Å². The molecule has 2 heterocycles. The van der Waals surface area contributed by atoms with Gasteiger partial charge in [0.05, 0.1) is 5.92 Å². The van der Waals surface area contributed by atoms with E-state index >= 15 is 0 Å². The van der Waals surface area contributed by atoms with Gasteiger partial charge < -0.3 is 15.1 Å². The second kappa shape index (κ2) is 11.0. The summed E-state index contributed by atoms with van der Waals surface area (Å²) >= 11 is 5.93. The summed E-state index contributed by atoms with van der Waals surface area (Å²) in [7, 11) is 0. The molecule has 0 radical (unpaired) electrons. The molecule has 6 nitrogen and oxygen atoms in total. The average Bonchev–Trinajstić information content (AvgIpc) is 2.84. The van der Waals surface area contributed by atoms with Crippen LogP contribution in [0.2, 0.25) is 5.02 Å². The van der Waals surface area contributed by atoms with E-state index in [1.54, 1.807) is 29.2 Å². The van der Waals surface area contributed by atoms with Gasteiger partial charge in [0.15, 0.2) is 0 Å². The summed E-state index contributed by atoms with van der Waals surface area (Å²) in [4.78, 5) is 32.2. The van der Waals surface area contributed by atoms with Crippen molar-refractivity contribution in [1.82, 2.24) is 15.1 Å². The third-order valence-electron chi connectivity index (χ3n) is 6.64. The van der Waals surface area contributed by atoms with E-state index in [-0.39, 0.29) is 17.7 Å². The first kappa shape index (κ1) is 23.6. The van der Waals surface area contributed by atoms with Crippen LogP contribution in [0.15, 0.2) is 48.5 Å². The first-order chi connectivity index (χ1) is 16.0. The van der Waals surface area contributed by atoms with Crippen molar-refractivity contribution in [2.24, 2.45) is 5.92 Å². The number of aryl methyl sites for hydroxylation is 1. The summed E-state index contributed by atoms with van der Waals surface area (Å²) in [6, 6.07) is 15.6. The number of carbonyl (C=O) groups is 2. The van der Waals surface area contributed by atoms with Crippen molar-refractivity contribution in [1.29, 1.82) is 0 Å². The zero-order valence-electron chi connectivity index (χ0n) is 19.3. The van der Waals surface area contributed by atoms with Crippen molar-refractivity contribution < 1.29 is 9.59 Å². The Bertz CT molecular complexity index is 957. The van der Waals surface area contributed by atoms with Crippen LogP contribution in [0.1, 0.15) is 28.8 Å². The molecule has 2 aliphatic heterocycles. The Morgan fingerprint density at radius 1 is 1.03 bits per heavy atom. The number of piperazine rings is 1. The van der Waals surface area contributed by atoms with Crippen LogP contribution in [0.25, 0.3) is 0 Å². The topological polar surface area (TPSA) is 55.9 Å². The molecule has 2 amide bonds. The van der Waals surface area contributed by atoms with Crippen LogP contribution in [0.5, 0.6) is 0 Å². The molecular weight excluding hydrogens is 436 g/mol. The summed E-state index contributed by atoms with van der Waals surface area (Å²) in [6.45, 7) is 8.79. The maximum atomic E-state index is 12.8. The first-order valence-corrected chi connectivity index (χ1v) is 12.2. The lowest BCUT2D eigenvalue weighted by Gasteiger charge is -2.36. The highest BCUT2D eigenvalue weighted by Crippen LogP contribution is 2.20. The smallest absolute Gasteiger partial charge is 0.253 e. The van der Waals surface area contributed by atoms with Gasteiger partial charge in [0, 0.05) is 68.6 Å². The number of likely N-dealkylation sites (tertiary alicyclic amines) is 1. The molecule has 2 aromatic carbocycles. The predicted molar refractivity (Wildman–Crippen MR) is 133 cm³/mol. The normalized spacial score (nSPS) is 19.4. The average molecular weight is 469 g/mol. The maximum absolute atomic E-state index is 12.8. The minimum atomic E-state index is -0.145. The van der Waals surface area contributed by atoms with E-state index in [2.05, 4.69) is 46.3 Å². The van der Waals surface area contributed by atoms with E-state index in [9.17, 15) is 9.59 Å². The largest absolute Gasteiger partial charge is 0.369 e. The number of anilines is 1. The minimum absolute atomic E-state index is 0.0318. The Hall–Kier alpha value is -2.57. The summed E-state index contributed by atoms with van der Waals surface area (Å²) < 4.78 is 0. The predicted octanol–water partition coefficient (Wildman–Crippen LogP) is 3.44. The van der Waals surface area contributed by atoms with Gasteiger partial charge in [0.25, 0.3) is 5.91 Å². The summed E-state index contributed by atoms with van der Waals surface area (Å²) in [5.41, 5.74) is 3.19. The van der Waals surface area contributed by atoms with Gasteiger partial charge in [0.2, 0.25) is 5.91 Å². The number of halogens is 1. The summed E-state index contributed by atoms with van der Waals surface area (Å²) in [6.07, 6.45) is 1.67. The molecule has 0 bridgehead atoms. The number of rotatable bonds is 6. The van der Waals surface area contributed by atoms with Crippen LogP contribution in [-0.2, 0) is 4.79 Å². The molecule has 2 saturated heterocycles. The molecule has 0 spiro atoms. The van der Waals surface area contributed by atoms with Crippen LogP contribution in [0.3, 0.4) is 0 Å². The van der Waals surface area contributed by atoms with E-state index in [4.69, 9.17) is 11.6 Å². The molecular formula is C26H33ClN4O2. The third kappa shape index (κ3) is 6.27. The van der Waals surface area contributed by atoms with Crippen LogP contribution >= 0.6 is 11.6 Å². The Morgan fingerprint density at radius 2 is 1.79 bits per heavy atom. The lowest BCUT2D eigenvalue weighted by Crippen LogP contribution is -2.50. The van der Waals surface area contributed by atoms with Gasteiger partial charge in [-0.25, -0.2) is 0 Å². The number of nitrogens with one attached hydrogen (secondary N) is 1. The zero-order valence-corrected chi connectivity index (χ0v) is 20.1. The highest BCUT2D eigenvalue weighted by atomic mass is 35.5.